The van der Waals surface area contributed by atoms with Crippen LogP contribution >= 0.6 is 0 Å². The summed E-state index contributed by atoms with van der Waals surface area (Å²) >= 11 is 0. The summed E-state index contributed by atoms with van der Waals surface area (Å²) in [5, 5.41) is 6.14. The van der Waals surface area contributed by atoms with Gasteiger partial charge in [-0.2, -0.15) is 18.3 Å². The van der Waals surface area contributed by atoms with E-state index in [1.165, 1.54) is 23.1 Å². The maximum absolute atomic E-state index is 12.8. The number of hydrogen-bond acceptors (Lipinski definition) is 3. The number of rotatable bonds is 2. The fourth-order valence-electron chi connectivity index (χ4n) is 3.57. The van der Waals surface area contributed by atoms with Gasteiger partial charge in [-0.1, -0.05) is 18.2 Å². The van der Waals surface area contributed by atoms with Gasteiger partial charge in [-0.25, -0.2) is 14.6 Å². The molecule has 2 aromatic carbocycles. The molecule has 0 aliphatic carbocycles. The first-order chi connectivity index (χ1) is 13.9. The molecule has 0 radical (unpaired) electrons. The van der Waals surface area contributed by atoms with Gasteiger partial charge in [0.15, 0.2) is 5.65 Å². The molecule has 0 saturated carbocycles. The fourth-order valence-corrected chi connectivity index (χ4v) is 3.57. The third kappa shape index (κ3) is 2.75. The van der Waals surface area contributed by atoms with Gasteiger partial charge in [0.2, 0.25) is 0 Å². The Morgan fingerprint density at radius 3 is 2.41 bits per heavy atom. The smallest absolute Gasteiger partial charge is 0.350 e. The van der Waals surface area contributed by atoms with Gasteiger partial charge < -0.3 is 4.57 Å². The molecule has 0 N–H and O–H groups in total. The third-order valence-electron chi connectivity index (χ3n) is 4.96. The maximum Gasteiger partial charge on any atom is 0.416 e. The van der Waals surface area contributed by atoms with E-state index in [-0.39, 0.29) is 0 Å². The SMILES string of the molecule is Cn1cc(-c2ncnc3c2cnn3-c2ccc(C(F)(F)F)cc2)c2ccccc21. The monoisotopic (exact) mass is 393 g/mol. The minimum Gasteiger partial charge on any atom is -0.350 e. The lowest BCUT2D eigenvalue weighted by atomic mass is 10.1. The Kier molecular flexibility index (Phi) is 3.70. The van der Waals surface area contributed by atoms with Crippen LogP contribution in [0.25, 0.3) is 38.9 Å². The largest absolute Gasteiger partial charge is 0.416 e. The van der Waals surface area contributed by atoms with Crippen LogP contribution in [0, 0.1) is 0 Å². The normalized spacial score (nSPS) is 12.1. The second-order valence-corrected chi connectivity index (χ2v) is 6.73. The minimum absolute atomic E-state index is 0.496. The standard InChI is InChI=1S/C21H14F3N5/c1-28-11-17(15-4-2-3-5-18(15)28)19-16-10-27-29(20(16)26-12-25-19)14-8-6-13(7-9-14)21(22,23)24/h2-12H,1H3. The highest BCUT2D eigenvalue weighted by atomic mass is 19.4. The van der Waals surface area contributed by atoms with E-state index in [1.807, 2.05) is 42.1 Å². The zero-order valence-electron chi connectivity index (χ0n) is 15.2. The molecular formula is C21H14F3N5. The number of aryl methyl sites for hydroxylation is 1. The molecule has 0 fully saturated rings. The van der Waals surface area contributed by atoms with Crippen molar-refractivity contribution in [2.24, 2.45) is 7.05 Å². The summed E-state index contributed by atoms with van der Waals surface area (Å²) in [6.45, 7) is 0. The molecule has 0 unspecified atom stereocenters. The number of para-hydroxylation sites is 1. The van der Waals surface area contributed by atoms with Gasteiger partial charge in [-0.05, 0) is 30.3 Å². The van der Waals surface area contributed by atoms with Crippen molar-refractivity contribution in [1.29, 1.82) is 0 Å². The summed E-state index contributed by atoms with van der Waals surface area (Å²) in [5.41, 5.74) is 3.07. The number of fused-ring (bicyclic) bond motifs is 2. The fraction of sp³-hybridized carbons (Fsp3) is 0.0952. The van der Waals surface area contributed by atoms with Crippen LogP contribution in [0.15, 0.2) is 67.3 Å². The van der Waals surface area contributed by atoms with Crippen LogP contribution < -0.4 is 0 Å². The molecule has 144 valence electrons. The number of aromatic nitrogens is 5. The molecule has 0 aliphatic heterocycles. The van der Waals surface area contributed by atoms with E-state index in [0.29, 0.717) is 11.3 Å². The molecule has 0 atom stereocenters. The van der Waals surface area contributed by atoms with Crippen LogP contribution in [0.2, 0.25) is 0 Å². The highest BCUT2D eigenvalue weighted by Gasteiger charge is 2.30. The first-order valence-corrected chi connectivity index (χ1v) is 8.84. The van der Waals surface area contributed by atoms with Crippen molar-refractivity contribution in [3.63, 3.8) is 0 Å². The van der Waals surface area contributed by atoms with Crippen LogP contribution in [0.5, 0.6) is 0 Å². The number of benzene rings is 2. The molecule has 0 amide bonds. The molecule has 5 nitrogen and oxygen atoms in total. The highest BCUT2D eigenvalue weighted by Crippen LogP contribution is 2.34. The molecule has 0 saturated heterocycles. The number of hydrogen-bond donors (Lipinski definition) is 0. The summed E-state index contributed by atoms with van der Waals surface area (Å²) in [4.78, 5) is 8.79. The lowest BCUT2D eigenvalue weighted by Crippen LogP contribution is -2.05. The van der Waals surface area contributed by atoms with E-state index >= 15 is 0 Å². The van der Waals surface area contributed by atoms with Crippen molar-refractivity contribution < 1.29 is 13.2 Å². The van der Waals surface area contributed by atoms with Crippen LogP contribution in [0.4, 0.5) is 13.2 Å². The van der Waals surface area contributed by atoms with E-state index in [2.05, 4.69) is 15.1 Å². The zero-order valence-corrected chi connectivity index (χ0v) is 15.2. The molecule has 3 aromatic heterocycles. The first kappa shape index (κ1) is 17.4. The van der Waals surface area contributed by atoms with Crippen molar-refractivity contribution >= 4 is 21.9 Å². The Morgan fingerprint density at radius 1 is 0.897 bits per heavy atom. The lowest BCUT2D eigenvalue weighted by molar-refractivity contribution is -0.137. The van der Waals surface area contributed by atoms with Gasteiger partial charge in [-0.3, -0.25) is 0 Å². The lowest BCUT2D eigenvalue weighted by Gasteiger charge is -2.08. The summed E-state index contributed by atoms with van der Waals surface area (Å²) in [5.74, 6) is 0. The second kappa shape index (κ2) is 6.16. The molecule has 3 heterocycles. The van der Waals surface area contributed by atoms with E-state index in [4.69, 9.17) is 0 Å². The Labute approximate surface area is 163 Å². The van der Waals surface area contributed by atoms with Crippen molar-refractivity contribution in [3.8, 4) is 16.9 Å². The number of halogens is 3. The minimum atomic E-state index is -4.38. The third-order valence-corrected chi connectivity index (χ3v) is 4.96. The van der Waals surface area contributed by atoms with Gasteiger partial charge in [0.05, 0.1) is 28.5 Å². The second-order valence-electron chi connectivity index (χ2n) is 6.73. The summed E-state index contributed by atoms with van der Waals surface area (Å²) in [7, 11) is 1.97. The van der Waals surface area contributed by atoms with Crippen LogP contribution in [0.1, 0.15) is 5.56 Å². The van der Waals surface area contributed by atoms with Gasteiger partial charge in [0.1, 0.15) is 6.33 Å². The quantitative estimate of drug-likeness (QED) is 0.424. The van der Waals surface area contributed by atoms with E-state index in [1.54, 1.807) is 6.20 Å². The Morgan fingerprint density at radius 2 is 1.66 bits per heavy atom. The van der Waals surface area contributed by atoms with E-state index in [9.17, 15) is 13.2 Å². The molecule has 5 rings (SSSR count). The van der Waals surface area contributed by atoms with Crippen molar-refractivity contribution in [1.82, 2.24) is 24.3 Å². The summed E-state index contributed by atoms with van der Waals surface area (Å²) < 4.78 is 42.1. The molecule has 8 heteroatoms. The van der Waals surface area contributed by atoms with Crippen molar-refractivity contribution in [2.45, 2.75) is 6.18 Å². The topological polar surface area (TPSA) is 48.5 Å². The van der Waals surface area contributed by atoms with E-state index < -0.39 is 11.7 Å². The van der Waals surface area contributed by atoms with Crippen LogP contribution in [-0.4, -0.2) is 24.3 Å². The molecule has 0 bridgehead atoms. The van der Waals surface area contributed by atoms with Gasteiger partial charge in [0.25, 0.3) is 0 Å². The molecule has 0 spiro atoms. The van der Waals surface area contributed by atoms with Gasteiger partial charge in [-0.15, -0.1) is 0 Å². The average Bonchev–Trinajstić information content (AvgIpc) is 3.29. The molecule has 29 heavy (non-hydrogen) atoms. The summed E-state index contributed by atoms with van der Waals surface area (Å²) in [6.07, 6.45) is 0.710. The highest BCUT2D eigenvalue weighted by molar-refractivity contribution is 6.02. The number of alkyl halides is 3. The Balaban J connectivity index is 1.67. The van der Waals surface area contributed by atoms with Gasteiger partial charge in [0, 0.05) is 29.7 Å². The first-order valence-electron chi connectivity index (χ1n) is 8.84. The number of nitrogens with zero attached hydrogens (tertiary/aromatic N) is 5. The predicted molar refractivity (Wildman–Crippen MR) is 104 cm³/mol. The van der Waals surface area contributed by atoms with Crippen LogP contribution in [-0.2, 0) is 13.2 Å². The molecule has 0 aliphatic rings. The Hall–Kier alpha value is -3.68. The average molecular weight is 393 g/mol. The van der Waals surface area contributed by atoms with Crippen molar-refractivity contribution in [2.75, 3.05) is 0 Å². The van der Waals surface area contributed by atoms with E-state index in [0.717, 1.165) is 39.7 Å². The van der Waals surface area contributed by atoms with Crippen molar-refractivity contribution in [3.05, 3.63) is 72.8 Å². The molecule has 5 aromatic rings. The van der Waals surface area contributed by atoms with Gasteiger partial charge >= 0.3 is 6.18 Å². The predicted octanol–water partition coefficient (Wildman–Crippen LogP) is 4.99. The Bertz CT molecular complexity index is 1350. The maximum atomic E-state index is 12.8. The van der Waals surface area contributed by atoms with Crippen LogP contribution in [0.3, 0.4) is 0 Å². The summed E-state index contributed by atoms with van der Waals surface area (Å²) in [6, 6.07) is 12.8. The molecular weight excluding hydrogens is 379 g/mol. The zero-order chi connectivity index (χ0) is 20.2.